The minimum atomic E-state index is -0.630. The molecule has 0 aliphatic carbocycles. The lowest BCUT2D eigenvalue weighted by Crippen LogP contribution is -2.21. The zero-order chi connectivity index (χ0) is 19.8. The Morgan fingerprint density at radius 1 is 1.07 bits per heavy atom. The summed E-state index contributed by atoms with van der Waals surface area (Å²) in [6.45, 7) is 0.937. The third-order valence-electron chi connectivity index (χ3n) is 3.94. The van der Waals surface area contributed by atoms with E-state index in [4.69, 9.17) is 19.3 Å². The fourth-order valence-electron chi connectivity index (χ4n) is 2.65. The van der Waals surface area contributed by atoms with Crippen LogP contribution >= 0.6 is 0 Å². The van der Waals surface area contributed by atoms with Crippen LogP contribution in [0.15, 0.2) is 42.5 Å². The van der Waals surface area contributed by atoms with Crippen molar-refractivity contribution in [2.45, 2.75) is 6.42 Å². The molecule has 0 radical (unpaired) electrons. The Morgan fingerprint density at radius 2 is 1.86 bits per heavy atom. The molecule has 1 amide bonds. The molecule has 0 fully saturated rings. The lowest BCUT2D eigenvalue weighted by molar-refractivity contribution is -0.119. The maximum absolute atomic E-state index is 12.3. The molecule has 1 aliphatic rings. The second-order valence-electron chi connectivity index (χ2n) is 6.03. The lowest BCUT2D eigenvalue weighted by atomic mass is 10.2. The van der Waals surface area contributed by atoms with Crippen molar-refractivity contribution in [1.29, 1.82) is 0 Å². The number of ether oxygens (including phenoxy) is 3. The van der Waals surface area contributed by atoms with Gasteiger partial charge in [-0.15, -0.1) is 0 Å². The van der Waals surface area contributed by atoms with E-state index in [1.165, 1.54) is 0 Å². The number of carbonyl (C=O) groups excluding carboxylic acids is 2. The highest BCUT2D eigenvalue weighted by Gasteiger charge is 2.15. The Hall–Kier alpha value is -3.26. The van der Waals surface area contributed by atoms with Gasteiger partial charge in [0, 0.05) is 30.4 Å². The molecule has 3 rings (SSSR count). The SMILES string of the molecule is O=C(COC(=O)c1ccccc1NCCO)Nc1ccc2c(c1)OCCCO2. The number of esters is 1. The number of hydrogen-bond acceptors (Lipinski definition) is 7. The maximum Gasteiger partial charge on any atom is 0.340 e. The van der Waals surface area contributed by atoms with Crippen LogP contribution in [0.25, 0.3) is 0 Å². The van der Waals surface area contributed by atoms with E-state index in [1.807, 2.05) is 0 Å². The first-order valence-electron chi connectivity index (χ1n) is 8.98. The summed E-state index contributed by atoms with van der Waals surface area (Å²) in [4.78, 5) is 24.4. The largest absolute Gasteiger partial charge is 0.490 e. The Labute approximate surface area is 162 Å². The summed E-state index contributed by atoms with van der Waals surface area (Å²) < 4.78 is 16.2. The van der Waals surface area contributed by atoms with E-state index in [0.29, 0.717) is 48.2 Å². The Bertz CT molecular complexity index is 839. The van der Waals surface area contributed by atoms with E-state index in [-0.39, 0.29) is 6.61 Å². The summed E-state index contributed by atoms with van der Waals surface area (Å²) in [6, 6.07) is 11.8. The monoisotopic (exact) mass is 386 g/mol. The number of amides is 1. The number of nitrogens with one attached hydrogen (secondary N) is 2. The number of para-hydroxylation sites is 1. The summed E-state index contributed by atoms with van der Waals surface area (Å²) in [5.41, 5.74) is 1.35. The van der Waals surface area contributed by atoms with Gasteiger partial charge in [-0.05, 0) is 24.3 Å². The molecule has 0 atom stereocenters. The van der Waals surface area contributed by atoms with Gasteiger partial charge >= 0.3 is 5.97 Å². The minimum Gasteiger partial charge on any atom is -0.490 e. The lowest BCUT2D eigenvalue weighted by Gasteiger charge is -2.12. The van der Waals surface area contributed by atoms with Crippen LogP contribution in [0.2, 0.25) is 0 Å². The zero-order valence-corrected chi connectivity index (χ0v) is 15.3. The van der Waals surface area contributed by atoms with Gasteiger partial charge in [0.15, 0.2) is 18.1 Å². The van der Waals surface area contributed by atoms with Crippen molar-refractivity contribution in [3.63, 3.8) is 0 Å². The summed E-state index contributed by atoms with van der Waals surface area (Å²) >= 11 is 0. The van der Waals surface area contributed by atoms with Crippen molar-refractivity contribution < 1.29 is 28.9 Å². The third-order valence-corrected chi connectivity index (χ3v) is 3.94. The quantitative estimate of drug-likeness (QED) is 0.625. The fraction of sp³-hybridized carbons (Fsp3) is 0.300. The third kappa shape index (κ3) is 5.14. The van der Waals surface area contributed by atoms with Crippen LogP contribution in [-0.2, 0) is 9.53 Å². The highest BCUT2D eigenvalue weighted by Crippen LogP contribution is 2.32. The summed E-state index contributed by atoms with van der Waals surface area (Å²) in [7, 11) is 0. The van der Waals surface area contributed by atoms with Crippen LogP contribution in [0.5, 0.6) is 11.5 Å². The predicted octanol–water partition coefficient (Wildman–Crippen LogP) is 2.05. The molecular formula is C20H22N2O6. The Balaban J connectivity index is 1.56. The predicted molar refractivity (Wildman–Crippen MR) is 103 cm³/mol. The first-order chi connectivity index (χ1) is 13.7. The van der Waals surface area contributed by atoms with Crippen molar-refractivity contribution in [2.75, 3.05) is 43.6 Å². The van der Waals surface area contributed by atoms with Crippen LogP contribution in [-0.4, -0.2) is 50.0 Å². The minimum absolute atomic E-state index is 0.0681. The number of benzene rings is 2. The van der Waals surface area contributed by atoms with Crippen molar-refractivity contribution in [3.05, 3.63) is 48.0 Å². The molecule has 148 valence electrons. The first kappa shape index (κ1) is 19.5. The van der Waals surface area contributed by atoms with Gasteiger partial charge in [0.1, 0.15) is 0 Å². The smallest absolute Gasteiger partial charge is 0.340 e. The summed E-state index contributed by atoms with van der Waals surface area (Å²) in [6.07, 6.45) is 0.793. The molecule has 0 spiro atoms. The van der Waals surface area contributed by atoms with Crippen molar-refractivity contribution >= 4 is 23.3 Å². The number of rotatable bonds is 7. The topological polar surface area (TPSA) is 106 Å². The molecule has 0 aromatic heterocycles. The van der Waals surface area contributed by atoms with Gasteiger partial charge in [-0.25, -0.2) is 4.79 Å². The second kappa shape index (κ2) is 9.61. The van der Waals surface area contributed by atoms with E-state index < -0.39 is 18.5 Å². The van der Waals surface area contributed by atoms with Crippen LogP contribution in [0, 0.1) is 0 Å². The fourth-order valence-corrected chi connectivity index (χ4v) is 2.65. The molecule has 8 nitrogen and oxygen atoms in total. The number of fused-ring (bicyclic) bond motifs is 1. The standard InChI is InChI=1S/C20H22N2O6/c23-9-8-21-16-5-2-1-4-15(16)20(25)28-13-19(24)22-14-6-7-17-18(12-14)27-11-3-10-26-17/h1-2,4-7,12,21,23H,3,8-11,13H2,(H,22,24). The van der Waals surface area contributed by atoms with E-state index in [0.717, 1.165) is 6.42 Å². The molecule has 28 heavy (non-hydrogen) atoms. The molecule has 3 N–H and O–H groups in total. The summed E-state index contributed by atoms with van der Waals surface area (Å²) in [5.74, 6) is 0.101. The van der Waals surface area contributed by atoms with Gasteiger partial charge in [-0.1, -0.05) is 12.1 Å². The van der Waals surface area contributed by atoms with Crippen LogP contribution in [0.3, 0.4) is 0 Å². The molecule has 0 bridgehead atoms. The molecule has 1 aliphatic heterocycles. The number of anilines is 2. The summed E-state index contributed by atoms with van der Waals surface area (Å²) in [5, 5.41) is 14.5. The molecule has 8 heteroatoms. The Morgan fingerprint density at radius 3 is 2.68 bits per heavy atom. The number of aliphatic hydroxyl groups excluding tert-OH is 1. The molecule has 2 aromatic carbocycles. The van der Waals surface area contributed by atoms with E-state index in [1.54, 1.807) is 42.5 Å². The zero-order valence-electron chi connectivity index (χ0n) is 15.3. The average Bonchev–Trinajstić information content (AvgIpc) is 2.95. The van der Waals surface area contributed by atoms with Gasteiger partial charge in [0.25, 0.3) is 5.91 Å². The maximum atomic E-state index is 12.3. The van der Waals surface area contributed by atoms with Gasteiger partial charge in [0.2, 0.25) is 0 Å². The molecule has 0 saturated heterocycles. The van der Waals surface area contributed by atoms with Gasteiger partial charge in [-0.3, -0.25) is 4.79 Å². The van der Waals surface area contributed by atoms with E-state index >= 15 is 0 Å². The van der Waals surface area contributed by atoms with Crippen molar-refractivity contribution in [1.82, 2.24) is 0 Å². The van der Waals surface area contributed by atoms with Gasteiger partial charge in [0.05, 0.1) is 25.4 Å². The molecule has 0 saturated carbocycles. The molecule has 2 aromatic rings. The Kier molecular flexibility index (Phi) is 6.69. The molecule has 0 unspecified atom stereocenters. The van der Waals surface area contributed by atoms with Crippen molar-refractivity contribution in [2.24, 2.45) is 0 Å². The van der Waals surface area contributed by atoms with E-state index in [9.17, 15) is 9.59 Å². The van der Waals surface area contributed by atoms with Gasteiger partial charge in [-0.2, -0.15) is 0 Å². The first-order valence-corrected chi connectivity index (χ1v) is 8.98. The van der Waals surface area contributed by atoms with Crippen LogP contribution in [0.1, 0.15) is 16.8 Å². The molecule has 1 heterocycles. The number of hydrogen-bond donors (Lipinski definition) is 3. The molecular weight excluding hydrogens is 364 g/mol. The van der Waals surface area contributed by atoms with Crippen LogP contribution < -0.4 is 20.1 Å². The van der Waals surface area contributed by atoms with E-state index in [2.05, 4.69) is 10.6 Å². The number of aliphatic hydroxyl groups is 1. The highest BCUT2D eigenvalue weighted by molar-refractivity contribution is 5.98. The second-order valence-corrected chi connectivity index (χ2v) is 6.03. The number of carbonyl (C=O) groups is 2. The normalized spacial score (nSPS) is 12.6. The van der Waals surface area contributed by atoms with Crippen molar-refractivity contribution in [3.8, 4) is 11.5 Å². The highest BCUT2D eigenvalue weighted by atomic mass is 16.5. The van der Waals surface area contributed by atoms with Gasteiger partial charge < -0.3 is 30.0 Å². The van der Waals surface area contributed by atoms with Crippen LogP contribution in [0.4, 0.5) is 11.4 Å². The average molecular weight is 386 g/mol.